The monoisotopic (exact) mass is 565 g/mol. The van der Waals surface area contributed by atoms with Gasteiger partial charge >= 0.3 is 5.69 Å². The van der Waals surface area contributed by atoms with Gasteiger partial charge in [-0.1, -0.05) is 41.9 Å². The molecule has 2 heterocycles. The number of nitrogens with zero attached hydrogens (tertiary/aromatic N) is 2. The normalized spacial score (nSPS) is 12.4. The summed E-state index contributed by atoms with van der Waals surface area (Å²) in [7, 11) is 0. The number of fused-ring (bicyclic) bond motifs is 4. The van der Waals surface area contributed by atoms with Gasteiger partial charge in [0.05, 0.1) is 21.8 Å². The maximum Gasteiger partial charge on any atom is 0.340 e. The summed E-state index contributed by atoms with van der Waals surface area (Å²) in [5.74, 6) is -0.508. The van der Waals surface area contributed by atoms with E-state index in [4.69, 9.17) is 17.3 Å². The Labute approximate surface area is 241 Å². The highest BCUT2D eigenvalue weighted by atomic mass is 35.5. The van der Waals surface area contributed by atoms with Crippen molar-refractivity contribution in [2.75, 3.05) is 0 Å². The highest BCUT2D eigenvalue weighted by molar-refractivity contribution is 6.33. The fourth-order valence-corrected chi connectivity index (χ4v) is 6.22. The number of primary amides is 1. The zero-order chi connectivity index (χ0) is 29.4. The molecule has 0 bridgehead atoms. The summed E-state index contributed by atoms with van der Waals surface area (Å²) in [6, 6.07) is 17.8. The van der Waals surface area contributed by atoms with Crippen molar-refractivity contribution < 1.29 is 9.90 Å². The van der Waals surface area contributed by atoms with Crippen LogP contribution in [0.3, 0.4) is 0 Å². The quantitative estimate of drug-likeness (QED) is 0.303. The standard InChI is InChI=1S/C33H28ClN3O4/c1-17-13-24(31(35)39)23-15-19-14-20(33(3,4)41)10-11-22(19)30(23)29(17)21-7-5-9-26(18(21)2)37-28(38)16-27-25(34)8-6-12-36(27)32(37)40/h5-14,16,41H,15H2,1-4H3,(H2,35,39). The highest BCUT2D eigenvalue weighted by Crippen LogP contribution is 2.48. The Morgan fingerprint density at radius 2 is 1.73 bits per heavy atom. The fourth-order valence-electron chi connectivity index (χ4n) is 6.00. The largest absolute Gasteiger partial charge is 0.386 e. The molecule has 8 heteroatoms. The molecule has 0 saturated heterocycles. The third-order valence-electron chi connectivity index (χ3n) is 8.02. The fraction of sp³-hybridized carbons (Fsp3) is 0.182. The van der Waals surface area contributed by atoms with E-state index in [9.17, 15) is 19.5 Å². The maximum atomic E-state index is 13.5. The second-order valence-corrected chi connectivity index (χ2v) is 11.5. The van der Waals surface area contributed by atoms with Gasteiger partial charge in [0.1, 0.15) is 0 Å². The molecule has 2 aromatic heterocycles. The van der Waals surface area contributed by atoms with Crippen molar-refractivity contribution in [3.8, 4) is 27.9 Å². The lowest BCUT2D eigenvalue weighted by Crippen LogP contribution is -2.36. The van der Waals surface area contributed by atoms with E-state index in [1.807, 2.05) is 50.2 Å². The van der Waals surface area contributed by atoms with E-state index in [1.165, 1.54) is 10.5 Å². The molecule has 0 radical (unpaired) electrons. The van der Waals surface area contributed by atoms with Crippen molar-refractivity contribution in [3.63, 3.8) is 0 Å². The number of aromatic nitrogens is 2. The predicted molar refractivity (Wildman–Crippen MR) is 161 cm³/mol. The molecule has 206 valence electrons. The number of rotatable bonds is 4. The molecule has 0 unspecified atom stereocenters. The highest BCUT2D eigenvalue weighted by Gasteiger charge is 2.30. The molecule has 0 saturated carbocycles. The van der Waals surface area contributed by atoms with Crippen LogP contribution in [0.5, 0.6) is 0 Å². The number of hydrogen-bond donors (Lipinski definition) is 2. The lowest BCUT2D eigenvalue weighted by atomic mass is 9.85. The second-order valence-electron chi connectivity index (χ2n) is 11.1. The topological polar surface area (TPSA) is 107 Å². The van der Waals surface area contributed by atoms with Gasteiger partial charge in [-0.3, -0.25) is 14.0 Å². The second kappa shape index (κ2) is 9.29. The van der Waals surface area contributed by atoms with Crippen LogP contribution >= 0.6 is 11.6 Å². The summed E-state index contributed by atoms with van der Waals surface area (Å²) < 4.78 is 2.51. The number of carbonyl (C=O) groups is 1. The molecule has 7 nitrogen and oxygen atoms in total. The summed E-state index contributed by atoms with van der Waals surface area (Å²) >= 11 is 6.26. The Morgan fingerprint density at radius 1 is 0.976 bits per heavy atom. The summed E-state index contributed by atoms with van der Waals surface area (Å²) in [5.41, 5.74) is 12.8. The summed E-state index contributed by atoms with van der Waals surface area (Å²) in [4.78, 5) is 39.4. The van der Waals surface area contributed by atoms with Crippen molar-refractivity contribution in [2.24, 2.45) is 5.73 Å². The van der Waals surface area contributed by atoms with E-state index in [1.54, 1.807) is 38.2 Å². The van der Waals surface area contributed by atoms with Crippen LogP contribution in [0.1, 0.15) is 52.0 Å². The lowest BCUT2D eigenvalue weighted by Gasteiger charge is -2.21. The van der Waals surface area contributed by atoms with Crippen LogP contribution in [0.25, 0.3) is 33.5 Å². The molecular formula is C33H28ClN3O4. The SMILES string of the molecule is Cc1cc(C(N)=O)c2c(c1-c1cccc(-n3c(=O)cc4c(Cl)cccn4c3=O)c1C)-c1ccc(C(C)(C)O)cc1C2. The van der Waals surface area contributed by atoms with Crippen molar-refractivity contribution in [1.29, 1.82) is 0 Å². The Kier molecular flexibility index (Phi) is 6.06. The van der Waals surface area contributed by atoms with Crippen molar-refractivity contribution in [3.05, 3.63) is 126 Å². The number of pyridine rings is 1. The van der Waals surface area contributed by atoms with E-state index < -0.39 is 22.8 Å². The van der Waals surface area contributed by atoms with E-state index in [2.05, 4.69) is 0 Å². The van der Waals surface area contributed by atoms with Gasteiger partial charge in [-0.15, -0.1) is 0 Å². The van der Waals surface area contributed by atoms with E-state index in [-0.39, 0.29) is 0 Å². The van der Waals surface area contributed by atoms with Gasteiger partial charge in [0.15, 0.2) is 0 Å². The maximum absolute atomic E-state index is 13.5. The molecule has 0 spiro atoms. The van der Waals surface area contributed by atoms with Gasteiger partial charge in [0.2, 0.25) is 5.91 Å². The molecule has 41 heavy (non-hydrogen) atoms. The minimum atomic E-state index is -1.02. The predicted octanol–water partition coefficient (Wildman–Crippen LogP) is 5.29. The number of amides is 1. The van der Waals surface area contributed by atoms with Crippen LogP contribution in [0.15, 0.2) is 76.4 Å². The van der Waals surface area contributed by atoms with Crippen LogP contribution < -0.4 is 17.0 Å². The van der Waals surface area contributed by atoms with Crippen LogP contribution in [-0.2, 0) is 12.0 Å². The molecule has 3 aromatic carbocycles. The molecule has 5 aromatic rings. The average Bonchev–Trinajstić information content (AvgIpc) is 3.28. The van der Waals surface area contributed by atoms with E-state index in [0.717, 1.165) is 54.6 Å². The van der Waals surface area contributed by atoms with Crippen molar-refractivity contribution >= 4 is 23.0 Å². The van der Waals surface area contributed by atoms with Crippen molar-refractivity contribution in [2.45, 2.75) is 39.7 Å². The van der Waals surface area contributed by atoms with Gasteiger partial charge in [-0.25, -0.2) is 9.36 Å². The molecule has 0 aliphatic heterocycles. The first-order valence-corrected chi connectivity index (χ1v) is 13.6. The first-order valence-electron chi connectivity index (χ1n) is 13.2. The summed E-state index contributed by atoms with van der Waals surface area (Å²) in [5, 5.41) is 10.9. The van der Waals surface area contributed by atoms with Gasteiger partial charge in [0, 0.05) is 17.8 Å². The third-order valence-corrected chi connectivity index (χ3v) is 8.34. The van der Waals surface area contributed by atoms with Gasteiger partial charge in [-0.2, -0.15) is 0 Å². The summed E-state index contributed by atoms with van der Waals surface area (Å²) in [6.45, 7) is 7.28. The zero-order valence-corrected chi connectivity index (χ0v) is 23.8. The number of aliphatic hydroxyl groups is 1. The molecule has 1 aliphatic rings. The average molecular weight is 566 g/mol. The number of hydrogen-bond acceptors (Lipinski definition) is 4. The van der Waals surface area contributed by atoms with Gasteiger partial charge in [-0.05, 0) is 108 Å². The smallest absolute Gasteiger partial charge is 0.340 e. The summed E-state index contributed by atoms with van der Waals surface area (Å²) in [6.07, 6.45) is 2.07. The Morgan fingerprint density at radius 3 is 2.44 bits per heavy atom. The Bertz CT molecular complexity index is 2070. The third kappa shape index (κ3) is 4.12. The number of halogens is 1. The van der Waals surface area contributed by atoms with Crippen molar-refractivity contribution in [1.82, 2.24) is 8.97 Å². The number of aryl methyl sites for hydroxylation is 1. The number of nitrogens with two attached hydrogens (primary N) is 1. The van der Waals surface area contributed by atoms with Crippen LogP contribution in [0.4, 0.5) is 0 Å². The lowest BCUT2D eigenvalue weighted by molar-refractivity contribution is 0.0785. The van der Waals surface area contributed by atoms with Gasteiger partial charge in [0.25, 0.3) is 5.56 Å². The molecule has 1 aliphatic carbocycles. The Balaban J connectivity index is 1.64. The molecule has 6 rings (SSSR count). The minimum Gasteiger partial charge on any atom is -0.386 e. The minimum absolute atomic E-state index is 0.312. The van der Waals surface area contributed by atoms with E-state index >= 15 is 0 Å². The van der Waals surface area contributed by atoms with Crippen LogP contribution in [0, 0.1) is 13.8 Å². The number of carbonyl (C=O) groups excluding carboxylic acids is 1. The Hall–Kier alpha value is -4.46. The van der Waals surface area contributed by atoms with Crippen LogP contribution in [-0.4, -0.2) is 20.0 Å². The number of benzene rings is 3. The van der Waals surface area contributed by atoms with Gasteiger partial charge < -0.3 is 10.8 Å². The zero-order valence-electron chi connectivity index (χ0n) is 23.1. The molecule has 3 N–H and O–H groups in total. The molecule has 0 fully saturated rings. The molecule has 1 amide bonds. The molecular weight excluding hydrogens is 538 g/mol. The first-order chi connectivity index (χ1) is 19.4. The van der Waals surface area contributed by atoms with Crippen LogP contribution in [0.2, 0.25) is 5.02 Å². The van der Waals surface area contributed by atoms with E-state index in [0.29, 0.717) is 28.2 Å². The molecule has 0 atom stereocenters. The first kappa shape index (κ1) is 26.7.